The Hall–Kier alpha value is -1.86. The van der Waals surface area contributed by atoms with E-state index >= 15 is 0 Å². The molecule has 0 amide bonds. The molecular formula is C20H21Cl2N3O2S. The fourth-order valence-corrected chi connectivity index (χ4v) is 4.90. The van der Waals surface area contributed by atoms with Gasteiger partial charge in [-0.15, -0.1) is 0 Å². The first-order valence-corrected chi connectivity index (χ1v) is 10.9. The van der Waals surface area contributed by atoms with Gasteiger partial charge in [-0.1, -0.05) is 53.5 Å². The average molecular weight is 438 g/mol. The molecule has 0 fully saturated rings. The summed E-state index contributed by atoms with van der Waals surface area (Å²) < 4.78 is 29.1. The zero-order chi connectivity index (χ0) is 20.5. The maximum absolute atomic E-state index is 13.0. The Morgan fingerprint density at radius 1 is 1.07 bits per heavy atom. The van der Waals surface area contributed by atoms with Crippen LogP contribution in [0.5, 0.6) is 0 Å². The number of nitrogens with zero attached hydrogens (tertiary/aromatic N) is 3. The third-order valence-electron chi connectivity index (χ3n) is 4.67. The fraction of sp³-hybridized carbons (Fsp3) is 0.250. The molecule has 0 N–H and O–H groups in total. The summed E-state index contributed by atoms with van der Waals surface area (Å²) in [4.78, 5) is -0.00356. The van der Waals surface area contributed by atoms with Gasteiger partial charge in [-0.05, 0) is 37.6 Å². The van der Waals surface area contributed by atoms with E-state index in [1.165, 1.54) is 23.5 Å². The molecule has 3 rings (SSSR count). The van der Waals surface area contributed by atoms with Crippen LogP contribution in [0.4, 0.5) is 0 Å². The summed E-state index contributed by atoms with van der Waals surface area (Å²) in [5.74, 6) is 0. The van der Waals surface area contributed by atoms with Crippen molar-refractivity contribution in [3.05, 3.63) is 81.1 Å². The second-order valence-corrected chi connectivity index (χ2v) is 9.49. The van der Waals surface area contributed by atoms with Crippen molar-refractivity contribution in [2.24, 2.45) is 0 Å². The minimum Gasteiger partial charge on any atom is -0.265 e. The van der Waals surface area contributed by atoms with Crippen LogP contribution in [0.3, 0.4) is 0 Å². The van der Waals surface area contributed by atoms with Crippen molar-refractivity contribution in [3.63, 3.8) is 0 Å². The molecule has 3 aromatic rings. The van der Waals surface area contributed by atoms with E-state index in [0.29, 0.717) is 11.6 Å². The molecule has 0 saturated heterocycles. The van der Waals surface area contributed by atoms with Crippen LogP contribution in [-0.2, 0) is 23.1 Å². The third-order valence-corrected chi connectivity index (χ3v) is 7.19. The van der Waals surface area contributed by atoms with Gasteiger partial charge in [0.15, 0.2) is 0 Å². The van der Waals surface area contributed by atoms with Crippen LogP contribution in [0.25, 0.3) is 0 Å². The lowest BCUT2D eigenvalue weighted by Crippen LogP contribution is -2.27. The number of hydrogen-bond acceptors (Lipinski definition) is 3. The summed E-state index contributed by atoms with van der Waals surface area (Å²) in [6, 6.07) is 14.4. The van der Waals surface area contributed by atoms with Gasteiger partial charge in [-0.2, -0.15) is 9.40 Å². The van der Waals surface area contributed by atoms with Crippen molar-refractivity contribution in [3.8, 4) is 0 Å². The van der Waals surface area contributed by atoms with Crippen molar-refractivity contribution >= 4 is 33.2 Å². The lowest BCUT2D eigenvalue weighted by atomic mass is 10.2. The molecule has 0 aliphatic carbocycles. The highest BCUT2D eigenvalue weighted by Crippen LogP contribution is 2.28. The average Bonchev–Trinajstić information content (AvgIpc) is 2.91. The molecule has 0 saturated carbocycles. The molecule has 0 atom stereocenters. The highest BCUT2D eigenvalue weighted by Gasteiger charge is 2.26. The third kappa shape index (κ3) is 4.25. The Bertz CT molecular complexity index is 1100. The Morgan fingerprint density at radius 2 is 1.75 bits per heavy atom. The van der Waals surface area contributed by atoms with Crippen molar-refractivity contribution in [2.45, 2.75) is 31.8 Å². The standard InChI is InChI=1S/C20H21Cl2N3O2S/c1-14-18(15(2)25(23-14)12-16-7-5-4-6-8-16)13-24(3)28(26,27)20-11-17(21)9-10-19(20)22/h4-11H,12-13H2,1-3H3. The van der Waals surface area contributed by atoms with Crippen LogP contribution in [0.15, 0.2) is 53.4 Å². The minimum atomic E-state index is -3.79. The van der Waals surface area contributed by atoms with Crippen molar-refractivity contribution in [2.75, 3.05) is 7.05 Å². The number of aryl methyl sites for hydroxylation is 1. The molecule has 0 unspecified atom stereocenters. The fourth-order valence-electron chi connectivity index (χ4n) is 3.02. The van der Waals surface area contributed by atoms with Gasteiger partial charge < -0.3 is 0 Å². The molecule has 0 spiro atoms. The van der Waals surface area contributed by atoms with Crippen LogP contribution in [-0.4, -0.2) is 29.6 Å². The minimum absolute atomic E-state index is 0.00356. The highest BCUT2D eigenvalue weighted by molar-refractivity contribution is 7.89. The monoisotopic (exact) mass is 437 g/mol. The number of halogens is 2. The maximum Gasteiger partial charge on any atom is 0.244 e. The zero-order valence-electron chi connectivity index (χ0n) is 15.9. The predicted octanol–water partition coefficient (Wildman–Crippen LogP) is 4.68. The normalized spacial score (nSPS) is 11.9. The van der Waals surface area contributed by atoms with Gasteiger partial charge in [0.05, 0.1) is 17.3 Å². The smallest absolute Gasteiger partial charge is 0.244 e. The highest BCUT2D eigenvalue weighted by atomic mass is 35.5. The lowest BCUT2D eigenvalue weighted by molar-refractivity contribution is 0.465. The topological polar surface area (TPSA) is 55.2 Å². The molecule has 2 aromatic carbocycles. The van der Waals surface area contributed by atoms with E-state index in [4.69, 9.17) is 23.2 Å². The van der Waals surface area contributed by atoms with Gasteiger partial charge in [0.25, 0.3) is 0 Å². The molecule has 148 valence electrons. The molecule has 1 aromatic heterocycles. The number of sulfonamides is 1. The molecule has 28 heavy (non-hydrogen) atoms. The Balaban J connectivity index is 1.88. The molecule has 0 aliphatic heterocycles. The summed E-state index contributed by atoms with van der Waals surface area (Å²) >= 11 is 12.1. The Morgan fingerprint density at radius 3 is 2.43 bits per heavy atom. The van der Waals surface area contributed by atoms with Gasteiger partial charge in [0.1, 0.15) is 4.90 Å². The summed E-state index contributed by atoms with van der Waals surface area (Å²) in [5, 5.41) is 5.05. The van der Waals surface area contributed by atoms with Crippen LogP contribution in [0.2, 0.25) is 10.0 Å². The maximum atomic E-state index is 13.0. The molecule has 0 bridgehead atoms. The molecular weight excluding hydrogens is 417 g/mol. The molecule has 0 aliphatic rings. The van der Waals surface area contributed by atoms with Gasteiger partial charge >= 0.3 is 0 Å². The Labute approximate surface area is 175 Å². The summed E-state index contributed by atoms with van der Waals surface area (Å²) in [6.45, 7) is 4.66. The predicted molar refractivity (Wildman–Crippen MR) is 112 cm³/mol. The zero-order valence-corrected chi connectivity index (χ0v) is 18.2. The number of benzene rings is 2. The van der Waals surface area contributed by atoms with E-state index in [1.54, 1.807) is 6.07 Å². The largest absolute Gasteiger partial charge is 0.265 e. The van der Waals surface area contributed by atoms with Crippen LogP contribution in [0, 0.1) is 13.8 Å². The summed E-state index contributed by atoms with van der Waals surface area (Å²) in [7, 11) is -2.27. The van der Waals surface area contributed by atoms with E-state index < -0.39 is 10.0 Å². The van der Waals surface area contributed by atoms with Crippen LogP contribution in [0.1, 0.15) is 22.5 Å². The van der Waals surface area contributed by atoms with Gasteiger partial charge in [-0.3, -0.25) is 4.68 Å². The lowest BCUT2D eigenvalue weighted by Gasteiger charge is -2.18. The SMILES string of the molecule is Cc1nn(Cc2ccccc2)c(C)c1CN(C)S(=O)(=O)c1cc(Cl)ccc1Cl. The van der Waals surface area contributed by atoms with E-state index in [-0.39, 0.29) is 16.5 Å². The molecule has 1 heterocycles. The summed E-state index contributed by atoms with van der Waals surface area (Å²) in [5.41, 5.74) is 3.74. The summed E-state index contributed by atoms with van der Waals surface area (Å²) in [6.07, 6.45) is 0. The van der Waals surface area contributed by atoms with Crippen molar-refractivity contribution in [1.29, 1.82) is 0 Å². The first kappa shape index (κ1) is 20.9. The molecule has 8 heteroatoms. The van der Waals surface area contributed by atoms with Gasteiger partial charge in [0, 0.05) is 29.9 Å². The molecule has 0 radical (unpaired) electrons. The van der Waals surface area contributed by atoms with Gasteiger partial charge in [-0.25, -0.2) is 8.42 Å². The quantitative estimate of drug-likeness (QED) is 0.562. The first-order chi connectivity index (χ1) is 13.2. The number of aromatic nitrogens is 2. The van der Waals surface area contributed by atoms with E-state index in [2.05, 4.69) is 5.10 Å². The van der Waals surface area contributed by atoms with Crippen LogP contribution < -0.4 is 0 Å². The second kappa shape index (κ2) is 8.25. The first-order valence-electron chi connectivity index (χ1n) is 8.68. The van der Waals surface area contributed by atoms with Crippen molar-refractivity contribution in [1.82, 2.24) is 14.1 Å². The van der Waals surface area contributed by atoms with Crippen molar-refractivity contribution < 1.29 is 8.42 Å². The van der Waals surface area contributed by atoms with Gasteiger partial charge in [0.2, 0.25) is 10.0 Å². The molecule has 5 nitrogen and oxygen atoms in total. The number of hydrogen-bond donors (Lipinski definition) is 0. The van der Waals surface area contributed by atoms with E-state index in [0.717, 1.165) is 22.5 Å². The Kier molecular flexibility index (Phi) is 6.15. The van der Waals surface area contributed by atoms with E-state index in [1.807, 2.05) is 48.9 Å². The van der Waals surface area contributed by atoms with Crippen LogP contribution >= 0.6 is 23.2 Å². The van der Waals surface area contributed by atoms with E-state index in [9.17, 15) is 8.42 Å². The number of rotatable bonds is 6. The second-order valence-electron chi connectivity index (χ2n) is 6.63.